The standard InChI is InChI=1S/C29H27N5O7/c1-31-25(37)29(26(38)32(2)28(31)40)15-17-13-16(6-11-21(17)33-12-4-5-22(29)33)14-20-23(35)30-27(39)34(24(20)36)18-7-9-19(41-3)10-8-18/h6-11,13-14,22H,4-5,12,15H2,1-3H3,(H,30,35,39)/b20-14+/t22-/m1/s1. The van der Waals surface area contributed by atoms with E-state index in [0.29, 0.717) is 29.8 Å². The molecule has 210 valence electrons. The maximum atomic E-state index is 13.6. The molecule has 3 fully saturated rings. The summed E-state index contributed by atoms with van der Waals surface area (Å²) in [6.07, 6.45) is 2.86. The fourth-order valence-electron chi connectivity index (χ4n) is 6.42. The van der Waals surface area contributed by atoms with Crippen LogP contribution in [0.15, 0.2) is 48.0 Å². The maximum absolute atomic E-state index is 13.6. The molecule has 4 aliphatic heterocycles. The number of nitrogens with zero attached hydrogens (tertiary/aromatic N) is 4. The lowest BCUT2D eigenvalue weighted by Gasteiger charge is -2.50. The number of hydrogen-bond acceptors (Lipinski definition) is 8. The second-order valence-electron chi connectivity index (χ2n) is 10.6. The van der Waals surface area contributed by atoms with Crippen molar-refractivity contribution in [2.45, 2.75) is 25.3 Å². The minimum Gasteiger partial charge on any atom is -0.497 e. The zero-order valence-electron chi connectivity index (χ0n) is 22.7. The Balaban J connectivity index is 1.39. The highest BCUT2D eigenvalue weighted by Crippen LogP contribution is 2.49. The highest BCUT2D eigenvalue weighted by Gasteiger charge is 2.63. The number of fused-ring (bicyclic) bond motifs is 4. The van der Waals surface area contributed by atoms with Gasteiger partial charge in [0.2, 0.25) is 11.8 Å². The van der Waals surface area contributed by atoms with Crippen molar-refractivity contribution in [1.29, 1.82) is 0 Å². The SMILES string of the molecule is COc1ccc(N2C(=O)NC(=O)/C(=C\c3ccc4c(c3)CC3(C(=O)N(C)C(=O)N(C)C3=O)[C@H]3CCCN43)C2=O)cc1. The maximum Gasteiger partial charge on any atom is 0.335 e. The zero-order valence-corrected chi connectivity index (χ0v) is 22.7. The lowest BCUT2D eigenvalue weighted by molar-refractivity contribution is -0.159. The first-order chi connectivity index (χ1) is 19.6. The number of rotatable bonds is 3. The molecule has 6 rings (SSSR count). The van der Waals surface area contributed by atoms with E-state index in [-0.39, 0.29) is 17.7 Å². The fourth-order valence-corrected chi connectivity index (χ4v) is 6.42. The number of barbiturate groups is 2. The Morgan fingerprint density at radius 1 is 0.951 bits per heavy atom. The minimum absolute atomic E-state index is 0.0662. The van der Waals surface area contributed by atoms with E-state index >= 15 is 0 Å². The highest BCUT2D eigenvalue weighted by molar-refractivity contribution is 6.39. The van der Waals surface area contributed by atoms with E-state index in [1.807, 2.05) is 11.0 Å². The average Bonchev–Trinajstić information content (AvgIpc) is 3.47. The molecular weight excluding hydrogens is 530 g/mol. The van der Waals surface area contributed by atoms with Gasteiger partial charge < -0.3 is 9.64 Å². The Bertz CT molecular complexity index is 1560. The summed E-state index contributed by atoms with van der Waals surface area (Å²) in [4.78, 5) is 83.4. The van der Waals surface area contributed by atoms with Crippen LogP contribution in [0.3, 0.4) is 0 Å². The Kier molecular flexibility index (Phi) is 5.94. The topological polar surface area (TPSA) is 137 Å². The van der Waals surface area contributed by atoms with E-state index in [0.717, 1.165) is 26.8 Å². The molecule has 12 heteroatoms. The van der Waals surface area contributed by atoms with E-state index in [1.54, 1.807) is 24.3 Å². The summed E-state index contributed by atoms with van der Waals surface area (Å²) in [5, 5.41) is 2.21. The number of carbonyl (C=O) groups is 6. The van der Waals surface area contributed by atoms with Gasteiger partial charge >= 0.3 is 12.1 Å². The van der Waals surface area contributed by atoms with E-state index in [2.05, 4.69) is 5.32 Å². The van der Waals surface area contributed by atoms with Crippen LogP contribution >= 0.6 is 0 Å². The second kappa shape index (κ2) is 9.29. The molecule has 8 amide bonds. The fraction of sp³-hybridized carbons (Fsp3) is 0.310. The predicted octanol–water partition coefficient (Wildman–Crippen LogP) is 1.92. The molecule has 4 aliphatic rings. The quantitative estimate of drug-likeness (QED) is 0.344. The largest absolute Gasteiger partial charge is 0.497 e. The van der Waals surface area contributed by atoms with E-state index in [9.17, 15) is 28.8 Å². The second-order valence-corrected chi connectivity index (χ2v) is 10.6. The van der Waals surface area contributed by atoms with Crippen molar-refractivity contribution in [2.75, 3.05) is 37.5 Å². The number of urea groups is 2. The van der Waals surface area contributed by atoms with Gasteiger partial charge in [-0.15, -0.1) is 0 Å². The summed E-state index contributed by atoms with van der Waals surface area (Å²) < 4.78 is 5.13. The molecule has 1 N–H and O–H groups in total. The first-order valence-corrected chi connectivity index (χ1v) is 13.1. The predicted molar refractivity (Wildman–Crippen MR) is 146 cm³/mol. The van der Waals surface area contributed by atoms with Crippen LogP contribution < -0.4 is 19.9 Å². The van der Waals surface area contributed by atoms with Gasteiger partial charge in [-0.05, 0) is 72.9 Å². The number of amides is 8. The lowest BCUT2D eigenvalue weighted by atomic mass is 9.68. The Morgan fingerprint density at radius 2 is 1.63 bits per heavy atom. The third kappa shape index (κ3) is 3.74. The lowest BCUT2D eigenvalue weighted by Crippen LogP contribution is -2.70. The number of methoxy groups -OCH3 is 1. The molecule has 4 heterocycles. The number of anilines is 2. The molecule has 12 nitrogen and oxygen atoms in total. The van der Waals surface area contributed by atoms with Crippen molar-refractivity contribution in [1.82, 2.24) is 15.1 Å². The van der Waals surface area contributed by atoms with Gasteiger partial charge in [0.05, 0.1) is 18.8 Å². The molecular formula is C29H27N5O7. The minimum atomic E-state index is -1.47. The smallest absolute Gasteiger partial charge is 0.335 e. The summed E-state index contributed by atoms with van der Waals surface area (Å²) in [6.45, 7) is 0.640. The van der Waals surface area contributed by atoms with Crippen molar-refractivity contribution in [3.63, 3.8) is 0 Å². The van der Waals surface area contributed by atoms with Crippen LogP contribution in [0, 0.1) is 5.41 Å². The summed E-state index contributed by atoms with van der Waals surface area (Å²) in [6, 6.07) is 9.66. The average molecular weight is 558 g/mol. The van der Waals surface area contributed by atoms with Gasteiger partial charge in [0.15, 0.2) is 5.41 Å². The molecule has 0 bridgehead atoms. The Hall–Kier alpha value is -5.00. The van der Waals surface area contributed by atoms with Crippen LogP contribution in [0.4, 0.5) is 21.0 Å². The van der Waals surface area contributed by atoms with Crippen molar-refractivity contribution in [3.8, 4) is 5.75 Å². The molecule has 1 atom stereocenters. The number of nitrogens with one attached hydrogen (secondary N) is 1. The van der Waals surface area contributed by atoms with Crippen LogP contribution in [0.2, 0.25) is 0 Å². The zero-order chi connectivity index (χ0) is 29.2. The first kappa shape index (κ1) is 26.2. The molecule has 0 radical (unpaired) electrons. The molecule has 2 aromatic rings. The number of ether oxygens (including phenoxy) is 1. The highest BCUT2D eigenvalue weighted by atomic mass is 16.5. The van der Waals surface area contributed by atoms with E-state index < -0.39 is 47.1 Å². The molecule has 0 unspecified atom stereocenters. The van der Waals surface area contributed by atoms with Crippen molar-refractivity contribution in [3.05, 3.63) is 59.2 Å². The summed E-state index contributed by atoms with van der Waals surface area (Å²) in [5.74, 6) is -2.16. The number of imide groups is 4. The van der Waals surface area contributed by atoms with Gasteiger partial charge in [-0.25, -0.2) is 14.5 Å². The number of benzene rings is 2. The third-order valence-electron chi connectivity index (χ3n) is 8.39. The van der Waals surface area contributed by atoms with Crippen LogP contribution in [-0.2, 0) is 25.6 Å². The van der Waals surface area contributed by atoms with Crippen molar-refractivity contribution >= 4 is 53.1 Å². The van der Waals surface area contributed by atoms with Gasteiger partial charge in [0, 0.05) is 26.3 Å². The van der Waals surface area contributed by atoms with Crippen LogP contribution in [0.25, 0.3) is 6.08 Å². The van der Waals surface area contributed by atoms with Gasteiger partial charge in [0.1, 0.15) is 11.3 Å². The molecule has 3 saturated heterocycles. The summed E-state index contributed by atoms with van der Waals surface area (Å²) >= 11 is 0. The van der Waals surface area contributed by atoms with E-state index in [4.69, 9.17) is 4.74 Å². The Labute approximate surface area is 235 Å². The Morgan fingerprint density at radius 3 is 2.29 bits per heavy atom. The number of carbonyl (C=O) groups excluding carboxylic acids is 6. The normalized spacial score (nSPS) is 22.9. The number of hydrogen-bond donors (Lipinski definition) is 1. The van der Waals surface area contributed by atoms with Gasteiger partial charge in [-0.3, -0.25) is 34.3 Å². The monoisotopic (exact) mass is 557 g/mol. The summed E-state index contributed by atoms with van der Waals surface area (Å²) in [5.41, 5.74) is 0.561. The molecule has 2 aromatic carbocycles. The molecule has 0 saturated carbocycles. The van der Waals surface area contributed by atoms with Crippen molar-refractivity contribution in [2.24, 2.45) is 5.41 Å². The third-order valence-corrected chi connectivity index (χ3v) is 8.39. The molecule has 1 spiro atoms. The molecule has 41 heavy (non-hydrogen) atoms. The van der Waals surface area contributed by atoms with Crippen LogP contribution in [0.1, 0.15) is 24.0 Å². The van der Waals surface area contributed by atoms with Gasteiger partial charge in [0.25, 0.3) is 11.8 Å². The summed E-state index contributed by atoms with van der Waals surface area (Å²) in [7, 11) is 4.26. The molecule has 0 aliphatic carbocycles. The van der Waals surface area contributed by atoms with Crippen LogP contribution in [-0.4, -0.2) is 79.3 Å². The molecule has 0 aromatic heterocycles. The van der Waals surface area contributed by atoms with Crippen LogP contribution in [0.5, 0.6) is 5.75 Å². The van der Waals surface area contributed by atoms with Crippen molar-refractivity contribution < 1.29 is 33.5 Å². The first-order valence-electron chi connectivity index (χ1n) is 13.1. The van der Waals surface area contributed by atoms with E-state index in [1.165, 1.54) is 39.4 Å². The van der Waals surface area contributed by atoms with Gasteiger partial charge in [-0.1, -0.05) is 6.07 Å². The van der Waals surface area contributed by atoms with Gasteiger partial charge in [-0.2, -0.15) is 0 Å².